The number of urea groups is 1. The van der Waals surface area contributed by atoms with Crippen molar-refractivity contribution in [1.82, 2.24) is 40.1 Å². The lowest BCUT2D eigenvalue weighted by Crippen LogP contribution is -2.52. The summed E-state index contributed by atoms with van der Waals surface area (Å²) in [6, 6.07) is 10.3. The molecule has 0 saturated carbocycles. The summed E-state index contributed by atoms with van der Waals surface area (Å²) < 4.78 is 21.9. The number of aromatic nitrogens is 3. The number of likely N-dealkylation sites (N-methyl/N-ethyl adjacent to an activating group) is 1. The summed E-state index contributed by atoms with van der Waals surface area (Å²) >= 11 is 0. The predicted octanol–water partition coefficient (Wildman–Crippen LogP) is 2.74. The first kappa shape index (κ1) is 41.4. The standard InChI is InChI=1S/C44H52FN13O6/c1-52-15-20-57(44(52)63)29-3-2-12-56(24-29)43-49-40(37(39(46)60)50-51-43)47-27-4-7-33(32(45)21-27)55-18-16-53(17-19-55)23-26-10-13-54(14-11-26)28-5-6-30-31-25-58(34-8-9-36(59)48-41(34)61)42(62)38(31)64-35(30)22-28/h4-7,21-22,26,29,34H,2-3,8-20,23-25H2,1H3,(H2,46,60)(H,47,49,51)(H,48,59,61)/t29-,34?/m1/s1. The number of piperidine rings is 3. The van der Waals surface area contributed by atoms with Crippen molar-refractivity contribution in [2.45, 2.75) is 57.2 Å². The van der Waals surface area contributed by atoms with Gasteiger partial charge in [0.05, 0.1) is 18.3 Å². The Morgan fingerprint density at radius 2 is 1.70 bits per heavy atom. The number of imide groups is 1. The van der Waals surface area contributed by atoms with Crippen LogP contribution >= 0.6 is 0 Å². The zero-order chi connectivity index (χ0) is 44.2. The van der Waals surface area contributed by atoms with Crippen LogP contribution in [0.3, 0.4) is 0 Å². The molecule has 6 amide bonds. The van der Waals surface area contributed by atoms with Gasteiger partial charge in [0.2, 0.25) is 17.8 Å². The normalized spacial score (nSPS) is 22.5. The second-order valence-corrected chi connectivity index (χ2v) is 17.8. The van der Waals surface area contributed by atoms with Crippen LogP contribution < -0.4 is 31.1 Å². The van der Waals surface area contributed by atoms with E-state index in [1.807, 2.05) is 21.9 Å². The Morgan fingerprint density at radius 1 is 0.891 bits per heavy atom. The van der Waals surface area contributed by atoms with Crippen molar-refractivity contribution in [2.75, 3.05) is 99.1 Å². The molecule has 336 valence electrons. The Bertz CT molecular complexity index is 2520. The van der Waals surface area contributed by atoms with Gasteiger partial charge in [-0.15, -0.1) is 10.2 Å². The number of halogens is 1. The van der Waals surface area contributed by atoms with E-state index in [-0.39, 0.29) is 54.1 Å². The molecule has 5 saturated heterocycles. The van der Waals surface area contributed by atoms with Crippen LogP contribution in [0.2, 0.25) is 0 Å². The summed E-state index contributed by atoms with van der Waals surface area (Å²) in [7, 11) is 1.80. The van der Waals surface area contributed by atoms with Gasteiger partial charge in [-0.2, -0.15) is 4.98 Å². The van der Waals surface area contributed by atoms with E-state index in [1.54, 1.807) is 24.1 Å². The fourth-order valence-corrected chi connectivity index (χ4v) is 10.3. The van der Waals surface area contributed by atoms with Crippen molar-refractivity contribution in [3.8, 4) is 0 Å². The fourth-order valence-electron chi connectivity index (χ4n) is 10.3. The van der Waals surface area contributed by atoms with Crippen LogP contribution in [0.25, 0.3) is 11.0 Å². The highest BCUT2D eigenvalue weighted by Crippen LogP contribution is 2.38. The first-order valence-corrected chi connectivity index (χ1v) is 22.3. The molecule has 20 heteroatoms. The smallest absolute Gasteiger partial charge is 0.320 e. The zero-order valence-corrected chi connectivity index (χ0v) is 35.8. The molecule has 0 bridgehead atoms. The van der Waals surface area contributed by atoms with Gasteiger partial charge in [-0.3, -0.25) is 29.4 Å². The van der Waals surface area contributed by atoms with Gasteiger partial charge in [0, 0.05) is 114 Å². The van der Waals surface area contributed by atoms with Crippen LogP contribution in [0.15, 0.2) is 40.8 Å². The second kappa shape index (κ2) is 16.9. The van der Waals surface area contributed by atoms with Crippen molar-refractivity contribution < 1.29 is 32.8 Å². The number of benzene rings is 2. The maximum absolute atomic E-state index is 15.8. The molecule has 4 N–H and O–H groups in total. The molecule has 1 unspecified atom stereocenters. The molecule has 10 rings (SSSR count). The third-order valence-corrected chi connectivity index (χ3v) is 13.8. The number of anilines is 5. The second-order valence-electron chi connectivity index (χ2n) is 17.8. The molecule has 2 atom stereocenters. The van der Waals surface area contributed by atoms with E-state index >= 15 is 4.39 Å². The van der Waals surface area contributed by atoms with E-state index in [2.05, 4.69) is 46.6 Å². The van der Waals surface area contributed by atoms with Gasteiger partial charge in [-0.25, -0.2) is 9.18 Å². The van der Waals surface area contributed by atoms with Crippen molar-refractivity contribution in [1.29, 1.82) is 0 Å². The molecule has 8 heterocycles. The third-order valence-electron chi connectivity index (χ3n) is 13.8. The van der Waals surface area contributed by atoms with Gasteiger partial charge in [0.15, 0.2) is 17.3 Å². The molecule has 6 aliphatic heterocycles. The molecule has 0 spiro atoms. The van der Waals surface area contributed by atoms with E-state index in [4.69, 9.17) is 10.2 Å². The number of carbonyl (C=O) groups is 5. The van der Waals surface area contributed by atoms with Crippen LogP contribution in [0, 0.1) is 11.7 Å². The van der Waals surface area contributed by atoms with E-state index < -0.39 is 23.7 Å². The van der Waals surface area contributed by atoms with Gasteiger partial charge >= 0.3 is 6.03 Å². The van der Waals surface area contributed by atoms with Crippen molar-refractivity contribution >= 4 is 69.5 Å². The van der Waals surface area contributed by atoms with E-state index in [1.165, 1.54) is 11.0 Å². The number of furan rings is 1. The van der Waals surface area contributed by atoms with Crippen molar-refractivity contribution in [2.24, 2.45) is 11.7 Å². The van der Waals surface area contributed by atoms with Gasteiger partial charge in [0.25, 0.3) is 11.8 Å². The quantitative estimate of drug-likeness (QED) is 0.196. The monoisotopic (exact) mass is 877 g/mol. The predicted molar refractivity (Wildman–Crippen MR) is 234 cm³/mol. The maximum Gasteiger partial charge on any atom is 0.320 e. The molecule has 6 aliphatic rings. The van der Waals surface area contributed by atoms with Crippen LogP contribution in [0.4, 0.5) is 38.0 Å². The number of hydrogen-bond acceptors (Lipinski definition) is 14. The molecule has 64 heavy (non-hydrogen) atoms. The first-order valence-electron chi connectivity index (χ1n) is 22.3. The number of piperazine rings is 1. The lowest BCUT2D eigenvalue weighted by molar-refractivity contribution is -0.136. The topological polar surface area (TPSA) is 210 Å². The Labute approximate surface area is 368 Å². The average Bonchev–Trinajstić information content (AvgIpc) is 3.94. The zero-order valence-electron chi connectivity index (χ0n) is 35.8. The highest BCUT2D eigenvalue weighted by atomic mass is 19.1. The molecule has 0 radical (unpaired) electrons. The number of hydrogen-bond donors (Lipinski definition) is 3. The lowest BCUT2D eigenvalue weighted by atomic mass is 9.95. The van der Waals surface area contributed by atoms with E-state index in [0.29, 0.717) is 74.5 Å². The largest absolute Gasteiger partial charge is 0.450 e. The minimum atomic E-state index is -0.810. The van der Waals surface area contributed by atoms with Gasteiger partial charge in [-0.05, 0) is 68.4 Å². The van der Waals surface area contributed by atoms with Crippen molar-refractivity contribution in [3.05, 3.63) is 59.2 Å². The van der Waals surface area contributed by atoms with E-state index in [9.17, 15) is 24.0 Å². The van der Waals surface area contributed by atoms with Gasteiger partial charge < -0.3 is 44.9 Å². The highest BCUT2D eigenvalue weighted by molar-refractivity contribution is 6.07. The third kappa shape index (κ3) is 7.87. The number of primary amides is 1. The van der Waals surface area contributed by atoms with Gasteiger partial charge in [-0.1, -0.05) is 0 Å². The number of carbonyl (C=O) groups excluding carboxylic acids is 5. The number of nitrogens with one attached hydrogen (secondary N) is 2. The Balaban J connectivity index is 0.711. The Morgan fingerprint density at radius 3 is 2.44 bits per heavy atom. The molecular formula is C44H52FN13O6. The summed E-state index contributed by atoms with van der Waals surface area (Å²) in [6.45, 7) is 8.60. The van der Waals surface area contributed by atoms with Crippen LogP contribution in [0.5, 0.6) is 0 Å². The maximum atomic E-state index is 15.8. The minimum absolute atomic E-state index is 0.00388. The number of fused-ring (bicyclic) bond motifs is 3. The molecule has 0 aliphatic carbocycles. The number of rotatable bonds is 10. The molecule has 2 aromatic heterocycles. The minimum Gasteiger partial charge on any atom is -0.450 e. The number of nitrogens with two attached hydrogens (primary N) is 1. The SMILES string of the molecule is CN1CCN([C@@H]2CCCN(c3nnc(C(N)=O)c(Nc4ccc(N5CCN(CC6CCN(c7ccc8c9c(oc8c7)C(=O)N(C7CCC(=O)NC7=O)C9)CC6)CC5)c(F)c4)n3)C2)C1=O. The number of amides is 6. The van der Waals surface area contributed by atoms with Crippen molar-refractivity contribution in [3.63, 3.8) is 0 Å². The molecular weight excluding hydrogens is 826 g/mol. The average molecular weight is 878 g/mol. The van der Waals surface area contributed by atoms with Crippen LogP contribution in [-0.4, -0.2) is 156 Å². The van der Waals surface area contributed by atoms with Crippen LogP contribution in [0.1, 0.15) is 65.1 Å². The fraction of sp³-hybridized carbons (Fsp3) is 0.500. The molecule has 4 aromatic rings. The molecule has 5 fully saturated rings. The first-order chi connectivity index (χ1) is 31.0. The van der Waals surface area contributed by atoms with Crippen LogP contribution in [-0.2, 0) is 16.1 Å². The summed E-state index contributed by atoms with van der Waals surface area (Å²) in [5.74, 6) is -1.09. The molecule has 19 nitrogen and oxygen atoms in total. The Hall–Kier alpha value is -6.57. The van der Waals surface area contributed by atoms with E-state index in [0.717, 1.165) is 75.0 Å². The lowest BCUT2D eigenvalue weighted by Gasteiger charge is -2.40. The Kier molecular flexibility index (Phi) is 10.9. The summed E-state index contributed by atoms with van der Waals surface area (Å²) in [5.41, 5.74) is 8.88. The summed E-state index contributed by atoms with van der Waals surface area (Å²) in [5, 5.41) is 14.6. The summed E-state index contributed by atoms with van der Waals surface area (Å²) in [4.78, 5) is 80.9. The molecule has 2 aromatic carbocycles. The number of nitrogens with zero attached hydrogens (tertiary/aromatic N) is 10. The highest BCUT2D eigenvalue weighted by Gasteiger charge is 2.42. The summed E-state index contributed by atoms with van der Waals surface area (Å²) in [6.07, 6.45) is 4.29. The van der Waals surface area contributed by atoms with Gasteiger partial charge in [0.1, 0.15) is 17.4 Å².